The number of benzene rings is 1. The average Bonchev–Trinajstić information content (AvgIpc) is 3.02. The molecule has 0 aliphatic carbocycles. The van der Waals surface area contributed by atoms with E-state index in [-0.39, 0.29) is 29.9 Å². The number of hydrogen-bond acceptors (Lipinski definition) is 2. The van der Waals surface area contributed by atoms with Gasteiger partial charge in [-0.3, -0.25) is 9.79 Å². The number of guanidine groups is 1. The van der Waals surface area contributed by atoms with Gasteiger partial charge in [0.2, 0.25) is 5.91 Å². The standard InChI is InChI=1S/C21H34N4O.HI/c1-5-22-21(25-13-11-19(15-25)14-16(2)3)23-12-10-18-6-8-20(9-7-18)24-17(4)26;/h6-9,16,19H,5,10-15H2,1-4H3,(H,22,23)(H,24,26);1H. The molecule has 27 heavy (non-hydrogen) atoms. The summed E-state index contributed by atoms with van der Waals surface area (Å²) in [5.41, 5.74) is 2.07. The summed E-state index contributed by atoms with van der Waals surface area (Å²) in [5, 5.41) is 6.24. The predicted octanol–water partition coefficient (Wildman–Crippen LogP) is 4.14. The van der Waals surface area contributed by atoms with Crippen molar-refractivity contribution in [1.82, 2.24) is 10.2 Å². The van der Waals surface area contributed by atoms with Gasteiger partial charge in [-0.1, -0.05) is 26.0 Å². The Kier molecular flexibility index (Phi) is 10.7. The van der Waals surface area contributed by atoms with Crippen LogP contribution in [0.1, 0.15) is 46.1 Å². The van der Waals surface area contributed by atoms with Crippen LogP contribution in [0.15, 0.2) is 29.3 Å². The normalized spacial score (nSPS) is 17.0. The van der Waals surface area contributed by atoms with Gasteiger partial charge in [-0.25, -0.2) is 0 Å². The lowest BCUT2D eigenvalue weighted by atomic mass is 9.97. The summed E-state index contributed by atoms with van der Waals surface area (Å²) in [6.07, 6.45) is 3.47. The van der Waals surface area contributed by atoms with E-state index in [9.17, 15) is 4.79 Å². The van der Waals surface area contributed by atoms with E-state index in [1.54, 1.807) is 0 Å². The predicted molar refractivity (Wildman–Crippen MR) is 125 cm³/mol. The Bertz CT molecular complexity index is 601. The lowest BCUT2D eigenvalue weighted by molar-refractivity contribution is -0.114. The summed E-state index contributed by atoms with van der Waals surface area (Å²) in [6.45, 7) is 12.2. The second-order valence-corrected chi connectivity index (χ2v) is 7.59. The van der Waals surface area contributed by atoms with Gasteiger partial charge in [-0.2, -0.15) is 0 Å². The zero-order chi connectivity index (χ0) is 18.9. The Labute approximate surface area is 181 Å². The molecule has 1 heterocycles. The van der Waals surface area contributed by atoms with E-state index in [1.165, 1.54) is 25.3 Å². The van der Waals surface area contributed by atoms with E-state index in [0.717, 1.165) is 56.1 Å². The van der Waals surface area contributed by atoms with Crippen molar-refractivity contribution < 1.29 is 4.79 Å². The van der Waals surface area contributed by atoms with Crippen molar-refractivity contribution in [1.29, 1.82) is 0 Å². The van der Waals surface area contributed by atoms with Gasteiger partial charge < -0.3 is 15.5 Å². The Morgan fingerprint density at radius 1 is 1.30 bits per heavy atom. The first kappa shape index (κ1) is 23.7. The van der Waals surface area contributed by atoms with Crippen molar-refractivity contribution in [3.05, 3.63) is 29.8 Å². The van der Waals surface area contributed by atoms with Crippen molar-refractivity contribution in [2.75, 3.05) is 31.5 Å². The summed E-state index contributed by atoms with van der Waals surface area (Å²) in [5.74, 6) is 2.56. The largest absolute Gasteiger partial charge is 0.357 e. The molecule has 2 rings (SSSR count). The number of hydrogen-bond donors (Lipinski definition) is 2. The fourth-order valence-corrected chi connectivity index (χ4v) is 3.56. The highest BCUT2D eigenvalue weighted by Gasteiger charge is 2.25. The van der Waals surface area contributed by atoms with E-state index in [2.05, 4.69) is 48.4 Å². The van der Waals surface area contributed by atoms with Crippen molar-refractivity contribution >= 4 is 41.5 Å². The maximum Gasteiger partial charge on any atom is 0.221 e. The monoisotopic (exact) mass is 486 g/mol. The lowest BCUT2D eigenvalue weighted by Crippen LogP contribution is -2.40. The van der Waals surface area contributed by atoms with Crippen molar-refractivity contribution in [3.63, 3.8) is 0 Å². The molecule has 0 aromatic heterocycles. The molecule has 1 aliphatic rings. The molecule has 1 amide bonds. The quantitative estimate of drug-likeness (QED) is 0.346. The summed E-state index contributed by atoms with van der Waals surface area (Å²) in [6, 6.07) is 8.01. The number of carbonyl (C=O) groups is 1. The van der Waals surface area contributed by atoms with E-state index in [0.29, 0.717) is 0 Å². The minimum atomic E-state index is -0.0426. The van der Waals surface area contributed by atoms with Crippen LogP contribution in [0.25, 0.3) is 0 Å². The highest BCUT2D eigenvalue weighted by molar-refractivity contribution is 14.0. The molecule has 5 nitrogen and oxygen atoms in total. The highest BCUT2D eigenvalue weighted by atomic mass is 127. The summed E-state index contributed by atoms with van der Waals surface area (Å²) < 4.78 is 0. The molecule has 0 bridgehead atoms. The molecule has 1 aromatic carbocycles. The molecule has 1 aliphatic heterocycles. The second kappa shape index (κ2) is 12.2. The summed E-state index contributed by atoms with van der Waals surface area (Å²) in [7, 11) is 0. The van der Waals surface area contributed by atoms with Crippen LogP contribution < -0.4 is 10.6 Å². The van der Waals surface area contributed by atoms with Gasteiger partial charge in [-0.15, -0.1) is 24.0 Å². The van der Waals surface area contributed by atoms with Crippen LogP contribution >= 0.6 is 24.0 Å². The van der Waals surface area contributed by atoms with Crippen molar-refractivity contribution in [2.45, 2.75) is 47.0 Å². The Balaban J connectivity index is 0.00000364. The molecule has 0 spiro atoms. The number of nitrogens with zero attached hydrogens (tertiary/aromatic N) is 2. The lowest BCUT2D eigenvalue weighted by Gasteiger charge is -2.22. The molecule has 2 N–H and O–H groups in total. The number of nitrogens with one attached hydrogen (secondary N) is 2. The van der Waals surface area contributed by atoms with Crippen molar-refractivity contribution in [2.24, 2.45) is 16.8 Å². The molecule has 0 saturated carbocycles. The Morgan fingerprint density at radius 3 is 2.59 bits per heavy atom. The van der Waals surface area contributed by atoms with Crippen LogP contribution in [0.2, 0.25) is 0 Å². The van der Waals surface area contributed by atoms with Gasteiger partial charge in [0.1, 0.15) is 0 Å². The minimum absolute atomic E-state index is 0. The molecular formula is C21H35IN4O. The number of rotatable bonds is 7. The number of likely N-dealkylation sites (tertiary alicyclic amines) is 1. The number of anilines is 1. The van der Waals surface area contributed by atoms with Gasteiger partial charge in [0.15, 0.2) is 5.96 Å². The molecule has 0 radical (unpaired) electrons. The molecule has 1 atom stereocenters. The summed E-state index contributed by atoms with van der Waals surface area (Å²) >= 11 is 0. The van der Waals surface area contributed by atoms with Gasteiger partial charge >= 0.3 is 0 Å². The topological polar surface area (TPSA) is 56.7 Å². The van der Waals surface area contributed by atoms with Crippen LogP contribution in [-0.4, -0.2) is 42.9 Å². The second-order valence-electron chi connectivity index (χ2n) is 7.59. The average molecular weight is 486 g/mol. The van der Waals surface area contributed by atoms with E-state index >= 15 is 0 Å². The fraction of sp³-hybridized carbons (Fsp3) is 0.619. The zero-order valence-corrected chi connectivity index (χ0v) is 19.5. The van der Waals surface area contributed by atoms with E-state index in [1.807, 2.05) is 12.1 Å². The maximum atomic E-state index is 11.1. The third-order valence-electron chi connectivity index (χ3n) is 4.66. The van der Waals surface area contributed by atoms with Crippen LogP contribution in [0.4, 0.5) is 5.69 Å². The van der Waals surface area contributed by atoms with Crippen LogP contribution in [0.5, 0.6) is 0 Å². The third kappa shape index (κ3) is 8.49. The molecular weight excluding hydrogens is 451 g/mol. The highest BCUT2D eigenvalue weighted by Crippen LogP contribution is 2.23. The Morgan fingerprint density at radius 2 is 2.00 bits per heavy atom. The first-order valence-corrected chi connectivity index (χ1v) is 9.87. The van der Waals surface area contributed by atoms with Gasteiger partial charge in [0, 0.05) is 38.8 Å². The first-order valence-electron chi connectivity index (χ1n) is 9.87. The first-order chi connectivity index (χ1) is 12.5. The van der Waals surface area contributed by atoms with Crippen LogP contribution in [0, 0.1) is 11.8 Å². The third-order valence-corrected chi connectivity index (χ3v) is 4.66. The number of aliphatic imine (C=N–C) groups is 1. The van der Waals surface area contributed by atoms with Gasteiger partial charge in [-0.05, 0) is 55.7 Å². The molecule has 152 valence electrons. The fourth-order valence-electron chi connectivity index (χ4n) is 3.56. The smallest absolute Gasteiger partial charge is 0.221 e. The Hall–Kier alpha value is -1.31. The van der Waals surface area contributed by atoms with Gasteiger partial charge in [0.25, 0.3) is 0 Å². The van der Waals surface area contributed by atoms with E-state index in [4.69, 9.17) is 4.99 Å². The molecule has 1 aromatic rings. The number of halogens is 1. The van der Waals surface area contributed by atoms with E-state index < -0.39 is 0 Å². The summed E-state index contributed by atoms with van der Waals surface area (Å²) in [4.78, 5) is 18.3. The van der Waals surface area contributed by atoms with Crippen molar-refractivity contribution in [3.8, 4) is 0 Å². The number of carbonyl (C=O) groups excluding carboxylic acids is 1. The molecule has 1 saturated heterocycles. The molecule has 6 heteroatoms. The van der Waals surface area contributed by atoms with Crippen LogP contribution in [-0.2, 0) is 11.2 Å². The SMILES string of the molecule is CCNC(=NCCc1ccc(NC(C)=O)cc1)N1CCC(CC(C)C)C1.I. The molecule has 1 unspecified atom stereocenters. The number of amides is 1. The zero-order valence-electron chi connectivity index (χ0n) is 17.1. The maximum absolute atomic E-state index is 11.1. The molecule has 1 fully saturated rings. The van der Waals surface area contributed by atoms with Crippen LogP contribution in [0.3, 0.4) is 0 Å². The minimum Gasteiger partial charge on any atom is -0.357 e. The van der Waals surface area contributed by atoms with Gasteiger partial charge in [0.05, 0.1) is 0 Å².